The first-order valence-electron chi connectivity index (χ1n) is 6.34. The van der Waals surface area contributed by atoms with Gasteiger partial charge in [0.15, 0.2) is 0 Å². The van der Waals surface area contributed by atoms with Crippen LogP contribution in [0.2, 0.25) is 0 Å². The number of nitrogens with two attached hydrogens (primary N) is 1. The van der Waals surface area contributed by atoms with Gasteiger partial charge >= 0.3 is 0 Å². The zero-order chi connectivity index (χ0) is 12.5. The van der Waals surface area contributed by atoms with Crippen molar-refractivity contribution >= 4 is 0 Å². The Morgan fingerprint density at radius 2 is 2.00 bits per heavy atom. The number of hydrogen-bond donors (Lipinski definition) is 1. The summed E-state index contributed by atoms with van der Waals surface area (Å²) in [6.45, 7) is 6.01. The van der Waals surface area contributed by atoms with Gasteiger partial charge in [0.2, 0.25) is 0 Å². The molecular weight excluding hydrogens is 214 g/mol. The van der Waals surface area contributed by atoms with E-state index in [-0.39, 0.29) is 6.10 Å². The lowest BCUT2D eigenvalue weighted by molar-refractivity contribution is 0.0526. The van der Waals surface area contributed by atoms with Crippen molar-refractivity contribution in [1.82, 2.24) is 0 Å². The highest BCUT2D eigenvalue weighted by atomic mass is 16.5. The number of benzene rings is 1. The highest BCUT2D eigenvalue weighted by molar-refractivity contribution is 5.33. The van der Waals surface area contributed by atoms with Crippen LogP contribution in [0.4, 0.5) is 0 Å². The molecule has 1 aromatic carbocycles. The maximum Gasteiger partial charge on any atom is 0.122 e. The fourth-order valence-electron chi connectivity index (χ4n) is 1.74. The molecule has 0 spiro atoms. The van der Waals surface area contributed by atoms with Crippen molar-refractivity contribution < 1.29 is 9.47 Å². The van der Waals surface area contributed by atoms with E-state index in [0.717, 1.165) is 18.6 Å². The molecule has 0 radical (unpaired) electrons. The molecule has 1 aromatic rings. The molecule has 1 rings (SSSR count). The molecule has 0 fully saturated rings. The van der Waals surface area contributed by atoms with Crippen LogP contribution in [0.15, 0.2) is 24.3 Å². The number of aryl methyl sites for hydroxylation is 1. The van der Waals surface area contributed by atoms with E-state index in [0.29, 0.717) is 19.8 Å². The molecular formula is C14H23NO2. The van der Waals surface area contributed by atoms with E-state index in [1.54, 1.807) is 0 Å². The van der Waals surface area contributed by atoms with Gasteiger partial charge in [0, 0.05) is 19.6 Å². The van der Waals surface area contributed by atoms with Crippen LogP contribution in [-0.4, -0.2) is 25.9 Å². The van der Waals surface area contributed by atoms with Crippen LogP contribution in [0, 0.1) is 0 Å². The molecule has 1 unspecified atom stereocenters. The number of ether oxygens (including phenoxy) is 2. The minimum atomic E-state index is 0.105. The maximum atomic E-state index is 5.77. The average Bonchev–Trinajstić information content (AvgIpc) is 2.38. The van der Waals surface area contributed by atoms with Gasteiger partial charge in [0.05, 0.1) is 12.7 Å². The Morgan fingerprint density at radius 3 is 2.65 bits per heavy atom. The first kappa shape index (κ1) is 14.0. The monoisotopic (exact) mass is 237 g/mol. The van der Waals surface area contributed by atoms with Gasteiger partial charge in [0.1, 0.15) is 5.75 Å². The summed E-state index contributed by atoms with van der Waals surface area (Å²) in [5, 5.41) is 0. The second-order valence-corrected chi connectivity index (χ2v) is 3.91. The standard InChI is InChI=1S/C14H23NO2/c1-3-12-7-5-6-8-14(12)17-10-9-13(11-15)16-4-2/h5-8,13H,3-4,9-11,15H2,1-2H3. The Bertz CT molecular complexity index is 315. The van der Waals surface area contributed by atoms with E-state index in [1.165, 1.54) is 5.56 Å². The smallest absolute Gasteiger partial charge is 0.122 e. The topological polar surface area (TPSA) is 44.5 Å². The fraction of sp³-hybridized carbons (Fsp3) is 0.571. The largest absolute Gasteiger partial charge is 0.493 e. The molecule has 3 heteroatoms. The van der Waals surface area contributed by atoms with Crippen LogP contribution in [0.3, 0.4) is 0 Å². The molecule has 0 aliphatic rings. The van der Waals surface area contributed by atoms with E-state index < -0.39 is 0 Å². The minimum Gasteiger partial charge on any atom is -0.493 e. The summed E-state index contributed by atoms with van der Waals surface area (Å²) >= 11 is 0. The lowest BCUT2D eigenvalue weighted by Crippen LogP contribution is -2.25. The van der Waals surface area contributed by atoms with Crippen LogP contribution in [-0.2, 0) is 11.2 Å². The summed E-state index contributed by atoms with van der Waals surface area (Å²) in [7, 11) is 0. The summed E-state index contributed by atoms with van der Waals surface area (Å²) < 4.78 is 11.3. The molecule has 3 nitrogen and oxygen atoms in total. The third-order valence-electron chi connectivity index (χ3n) is 2.72. The van der Waals surface area contributed by atoms with Gasteiger partial charge in [-0.1, -0.05) is 25.1 Å². The Labute approximate surface area is 104 Å². The summed E-state index contributed by atoms with van der Waals surface area (Å²) in [5.74, 6) is 0.974. The van der Waals surface area contributed by atoms with Crippen molar-refractivity contribution in [3.8, 4) is 5.75 Å². The number of hydrogen-bond acceptors (Lipinski definition) is 3. The quantitative estimate of drug-likeness (QED) is 0.755. The maximum absolute atomic E-state index is 5.77. The molecule has 0 amide bonds. The molecule has 0 heterocycles. The van der Waals surface area contributed by atoms with Crippen molar-refractivity contribution in [3.05, 3.63) is 29.8 Å². The average molecular weight is 237 g/mol. The van der Waals surface area contributed by atoms with Crippen LogP contribution in [0.25, 0.3) is 0 Å². The third kappa shape index (κ3) is 4.75. The van der Waals surface area contributed by atoms with Gasteiger partial charge in [-0.15, -0.1) is 0 Å². The number of rotatable bonds is 8. The zero-order valence-electron chi connectivity index (χ0n) is 10.8. The predicted molar refractivity (Wildman–Crippen MR) is 70.4 cm³/mol. The Hall–Kier alpha value is -1.06. The first-order chi connectivity index (χ1) is 8.31. The predicted octanol–water partition coefficient (Wildman–Crippen LogP) is 2.38. The second kappa shape index (κ2) is 8.09. The van der Waals surface area contributed by atoms with E-state index in [2.05, 4.69) is 13.0 Å². The van der Waals surface area contributed by atoms with Gasteiger partial charge in [0.25, 0.3) is 0 Å². The van der Waals surface area contributed by atoms with Crippen LogP contribution >= 0.6 is 0 Å². The highest BCUT2D eigenvalue weighted by Gasteiger charge is 2.07. The van der Waals surface area contributed by atoms with Gasteiger partial charge < -0.3 is 15.2 Å². The molecule has 96 valence electrons. The van der Waals surface area contributed by atoms with Crippen molar-refractivity contribution in [2.24, 2.45) is 5.73 Å². The lowest BCUT2D eigenvalue weighted by Gasteiger charge is -2.16. The van der Waals surface area contributed by atoms with Gasteiger partial charge in [-0.05, 0) is 25.0 Å². The Balaban J connectivity index is 2.39. The number of para-hydroxylation sites is 1. The fourth-order valence-corrected chi connectivity index (χ4v) is 1.74. The summed E-state index contributed by atoms with van der Waals surface area (Å²) in [6.07, 6.45) is 1.93. The lowest BCUT2D eigenvalue weighted by atomic mass is 10.1. The Morgan fingerprint density at radius 1 is 1.24 bits per heavy atom. The van der Waals surface area contributed by atoms with Crippen molar-refractivity contribution in [2.75, 3.05) is 19.8 Å². The third-order valence-corrected chi connectivity index (χ3v) is 2.72. The molecule has 0 aliphatic heterocycles. The highest BCUT2D eigenvalue weighted by Crippen LogP contribution is 2.18. The molecule has 17 heavy (non-hydrogen) atoms. The molecule has 0 bridgehead atoms. The van der Waals surface area contributed by atoms with Crippen LogP contribution in [0.5, 0.6) is 5.75 Å². The minimum absolute atomic E-state index is 0.105. The molecule has 0 saturated heterocycles. The normalized spacial score (nSPS) is 12.4. The van der Waals surface area contributed by atoms with Crippen molar-refractivity contribution in [3.63, 3.8) is 0 Å². The van der Waals surface area contributed by atoms with Crippen molar-refractivity contribution in [1.29, 1.82) is 0 Å². The van der Waals surface area contributed by atoms with Crippen LogP contribution < -0.4 is 10.5 Å². The molecule has 0 aromatic heterocycles. The first-order valence-corrected chi connectivity index (χ1v) is 6.34. The Kier molecular flexibility index (Phi) is 6.67. The van der Waals surface area contributed by atoms with Gasteiger partial charge in [-0.3, -0.25) is 0 Å². The summed E-state index contributed by atoms with van der Waals surface area (Å²) in [4.78, 5) is 0. The van der Waals surface area contributed by atoms with E-state index in [9.17, 15) is 0 Å². The summed E-state index contributed by atoms with van der Waals surface area (Å²) in [5.41, 5.74) is 6.86. The van der Waals surface area contributed by atoms with E-state index >= 15 is 0 Å². The molecule has 0 saturated carbocycles. The van der Waals surface area contributed by atoms with Crippen LogP contribution in [0.1, 0.15) is 25.8 Å². The van der Waals surface area contributed by atoms with Gasteiger partial charge in [-0.2, -0.15) is 0 Å². The molecule has 1 atom stereocenters. The SMILES string of the molecule is CCOC(CN)CCOc1ccccc1CC. The van der Waals surface area contributed by atoms with Gasteiger partial charge in [-0.25, -0.2) is 0 Å². The zero-order valence-corrected chi connectivity index (χ0v) is 10.8. The van der Waals surface area contributed by atoms with E-state index in [4.69, 9.17) is 15.2 Å². The van der Waals surface area contributed by atoms with Crippen molar-refractivity contribution in [2.45, 2.75) is 32.8 Å². The molecule has 2 N–H and O–H groups in total. The second-order valence-electron chi connectivity index (χ2n) is 3.91. The molecule has 0 aliphatic carbocycles. The summed E-state index contributed by atoms with van der Waals surface area (Å²) in [6, 6.07) is 8.14. The van der Waals surface area contributed by atoms with E-state index in [1.807, 2.05) is 25.1 Å².